The van der Waals surface area contributed by atoms with E-state index in [0.29, 0.717) is 6.42 Å². The Morgan fingerprint density at radius 3 is 1.24 bits per heavy atom. The van der Waals surface area contributed by atoms with Gasteiger partial charge in [0.05, 0.1) is 13.0 Å². The number of aliphatic carboxylic acids is 1. The SMILES string of the molecule is CCCCCCCC/C=C/CCCCCCC(C)C(=O)O.CCCCCCCC/C=C/CCCCCCCC(=O)OC. The van der Waals surface area contributed by atoms with E-state index < -0.39 is 5.97 Å². The van der Waals surface area contributed by atoms with Gasteiger partial charge < -0.3 is 9.84 Å². The summed E-state index contributed by atoms with van der Waals surface area (Å²) in [4.78, 5) is 21.6. The topological polar surface area (TPSA) is 63.6 Å². The number of ether oxygens (including phenoxy) is 1. The first kappa shape index (κ1) is 42.6. The molecule has 0 fully saturated rings. The number of rotatable bonds is 30. The van der Waals surface area contributed by atoms with Crippen LogP contribution in [0.4, 0.5) is 0 Å². The van der Waals surface area contributed by atoms with Crippen molar-refractivity contribution >= 4 is 11.9 Å². The predicted molar refractivity (Wildman–Crippen MR) is 183 cm³/mol. The van der Waals surface area contributed by atoms with Crippen LogP contribution in [0.1, 0.15) is 194 Å². The number of methoxy groups -OCH3 is 1. The molecule has 0 aliphatic heterocycles. The van der Waals surface area contributed by atoms with Gasteiger partial charge in [0, 0.05) is 6.42 Å². The maximum Gasteiger partial charge on any atom is 0.306 e. The van der Waals surface area contributed by atoms with E-state index in [1.54, 1.807) is 6.92 Å². The van der Waals surface area contributed by atoms with Crippen LogP contribution in [0.5, 0.6) is 0 Å². The number of hydrogen-bond acceptors (Lipinski definition) is 3. The highest BCUT2D eigenvalue weighted by molar-refractivity contribution is 5.69. The Balaban J connectivity index is 0. The standard InChI is InChI=1S/2C19H36O2/c1-3-4-5-6-7-8-9-10-11-12-13-14-15-16-17-18-19(20)21-2;1-3-4-5-6-7-8-9-10-11-12-13-14-15-16-17-18(2)19(20)21/h10-11H,3-9,12-18H2,1-2H3;10-11,18H,3-9,12-17H2,1-2H3,(H,20,21)/b2*11-10+. The molecular formula is C38H72O4. The van der Waals surface area contributed by atoms with Crippen LogP contribution < -0.4 is 0 Å². The van der Waals surface area contributed by atoms with Gasteiger partial charge >= 0.3 is 11.9 Å². The van der Waals surface area contributed by atoms with Crippen molar-refractivity contribution in [2.24, 2.45) is 5.92 Å². The lowest BCUT2D eigenvalue weighted by molar-refractivity contribution is -0.142. The van der Waals surface area contributed by atoms with Gasteiger partial charge in [0.25, 0.3) is 0 Å². The predicted octanol–water partition coefficient (Wildman–Crippen LogP) is 12.6. The van der Waals surface area contributed by atoms with Crippen molar-refractivity contribution < 1.29 is 19.4 Å². The molecule has 4 heteroatoms. The van der Waals surface area contributed by atoms with Gasteiger partial charge in [-0.15, -0.1) is 0 Å². The summed E-state index contributed by atoms with van der Waals surface area (Å²) in [5.41, 5.74) is 0. The van der Waals surface area contributed by atoms with E-state index >= 15 is 0 Å². The molecule has 0 aromatic carbocycles. The molecule has 0 aromatic rings. The molecule has 4 nitrogen and oxygen atoms in total. The summed E-state index contributed by atoms with van der Waals surface area (Å²) in [6, 6.07) is 0. The van der Waals surface area contributed by atoms with Gasteiger partial charge in [-0.25, -0.2) is 0 Å². The quantitative estimate of drug-likeness (QED) is 0.0512. The monoisotopic (exact) mass is 593 g/mol. The first-order valence-corrected chi connectivity index (χ1v) is 18.1. The fourth-order valence-electron chi connectivity index (χ4n) is 4.91. The Kier molecular flexibility index (Phi) is 37.9. The smallest absolute Gasteiger partial charge is 0.306 e. The summed E-state index contributed by atoms with van der Waals surface area (Å²) in [5, 5.41) is 8.78. The molecule has 0 heterocycles. The van der Waals surface area contributed by atoms with Crippen molar-refractivity contribution in [1.29, 1.82) is 0 Å². The van der Waals surface area contributed by atoms with Crippen LogP contribution >= 0.6 is 0 Å². The van der Waals surface area contributed by atoms with Crippen LogP contribution in [-0.2, 0) is 14.3 Å². The number of hydrogen-bond donors (Lipinski definition) is 1. The van der Waals surface area contributed by atoms with Gasteiger partial charge in [-0.3, -0.25) is 9.59 Å². The number of carboxylic acids is 1. The molecule has 1 atom stereocenters. The Morgan fingerprint density at radius 2 is 0.881 bits per heavy atom. The normalized spacial score (nSPS) is 12.0. The zero-order chi connectivity index (χ0) is 31.4. The van der Waals surface area contributed by atoms with Crippen LogP contribution in [-0.4, -0.2) is 24.2 Å². The molecule has 0 spiro atoms. The maximum atomic E-state index is 10.9. The van der Waals surface area contributed by atoms with E-state index in [4.69, 9.17) is 5.11 Å². The van der Waals surface area contributed by atoms with E-state index in [2.05, 4.69) is 42.9 Å². The van der Waals surface area contributed by atoms with Crippen molar-refractivity contribution in [2.75, 3.05) is 7.11 Å². The molecule has 1 N–H and O–H groups in total. The molecule has 0 amide bonds. The first-order valence-electron chi connectivity index (χ1n) is 18.1. The number of carboxylic acid groups (broad SMARTS) is 1. The molecule has 0 bridgehead atoms. The summed E-state index contributed by atoms with van der Waals surface area (Å²) < 4.78 is 4.62. The minimum Gasteiger partial charge on any atom is -0.481 e. The maximum absolute atomic E-state index is 10.9. The zero-order valence-corrected chi connectivity index (χ0v) is 28.7. The van der Waals surface area contributed by atoms with E-state index in [9.17, 15) is 9.59 Å². The first-order chi connectivity index (χ1) is 20.5. The highest BCUT2D eigenvalue weighted by Crippen LogP contribution is 2.13. The summed E-state index contributed by atoms with van der Waals surface area (Å²) in [5.74, 6) is -0.914. The van der Waals surface area contributed by atoms with Crippen LogP contribution in [0.25, 0.3) is 0 Å². The Morgan fingerprint density at radius 1 is 0.548 bits per heavy atom. The third kappa shape index (κ3) is 38.4. The van der Waals surface area contributed by atoms with E-state index in [1.807, 2.05) is 0 Å². The Hall–Kier alpha value is -1.58. The fourth-order valence-corrected chi connectivity index (χ4v) is 4.91. The molecule has 0 aliphatic carbocycles. The van der Waals surface area contributed by atoms with Gasteiger partial charge in [0.2, 0.25) is 0 Å². The molecule has 0 aromatic heterocycles. The second-order valence-electron chi connectivity index (χ2n) is 12.2. The lowest BCUT2D eigenvalue weighted by Gasteiger charge is -2.04. The van der Waals surface area contributed by atoms with Gasteiger partial charge in [0.15, 0.2) is 0 Å². The minimum atomic E-state index is -0.660. The van der Waals surface area contributed by atoms with Gasteiger partial charge in [0.1, 0.15) is 0 Å². The van der Waals surface area contributed by atoms with Gasteiger partial charge in [-0.05, 0) is 64.2 Å². The van der Waals surface area contributed by atoms with Crippen molar-refractivity contribution in [1.82, 2.24) is 0 Å². The molecule has 0 rings (SSSR count). The zero-order valence-electron chi connectivity index (χ0n) is 28.7. The van der Waals surface area contributed by atoms with Crippen LogP contribution in [0.2, 0.25) is 0 Å². The van der Waals surface area contributed by atoms with Crippen LogP contribution in [0.15, 0.2) is 24.3 Å². The van der Waals surface area contributed by atoms with Crippen molar-refractivity contribution in [3.05, 3.63) is 24.3 Å². The second kappa shape index (κ2) is 37.4. The third-order valence-corrected chi connectivity index (χ3v) is 7.94. The second-order valence-corrected chi connectivity index (χ2v) is 12.2. The molecule has 0 saturated heterocycles. The summed E-state index contributed by atoms with van der Waals surface area (Å²) in [6.07, 6.45) is 42.8. The molecule has 248 valence electrons. The summed E-state index contributed by atoms with van der Waals surface area (Å²) in [6.45, 7) is 6.32. The van der Waals surface area contributed by atoms with E-state index in [1.165, 1.54) is 148 Å². The van der Waals surface area contributed by atoms with E-state index in [-0.39, 0.29) is 11.9 Å². The number of unbranched alkanes of at least 4 members (excludes halogenated alkanes) is 21. The summed E-state index contributed by atoms with van der Waals surface area (Å²) >= 11 is 0. The van der Waals surface area contributed by atoms with Crippen LogP contribution in [0.3, 0.4) is 0 Å². The molecule has 0 saturated carbocycles. The van der Waals surface area contributed by atoms with Crippen LogP contribution in [0, 0.1) is 5.92 Å². The fraction of sp³-hybridized carbons (Fsp3) is 0.842. The highest BCUT2D eigenvalue weighted by atomic mass is 16.5. The lowest BCUT2D eigenvalue weighted by atomic mass is 10.0. The average Bonchev–Trinajstić information content (AvgIpc) is 2.99. The molecular weight excluding hydrogens is 520 g/mol. The average molecular weight is 593 g/mol. The van der Waals surface area contributed by atoms with Crippen molar-refractivity contribution in [3.63, 3.8) is 0 Å². The number of esters is 1. The highest BCUT2D eigenvalue weighted by Gasteiger charge is 2.09. The molecule has 0 radical (unpaired) electrons. The third-order valence-electron chi connectivity index (χ3n) is 7.94. The van der Waals surface area contributed by atoms with Crippen molar-refractivity contribution in [3.8, 4) is 0 Å². The van der Waals surface area contributed by atoms with Gasteiger partial charge in [-0.1, -0.05) is 148 Å². The Bertz CT molecular complexity index is 608. The molecule has 42 heavy (non-hydrogen) atoms. The Labute approximate surface area is 262 Å². The lowest BCUT2D eigenvalue weighted by Crippen LogP contribution is -2.08. The summed E-state index contributed by atoms with van der Waals surface area (Å²) in [7, 11) is 1.46. The minimum absolute atomic E-state index is 0.0763. The number of carbonyl (C=O) groups is 2. The van der Waals surface area contributed by atoms with Crippen molar-refractivity contribution in [2.45, 2.75) is 194 Å². The van der Waals surface area contributed by atoms with E-state index in [0.717, 1.165) is 25.7 Å². The molecule has 1 unspecified atom stereocenters. The molecule has 0 aliphatic rings. The number of allylic oxidation sites excluding steroid dienone is 4. The number of carbonyl (C=O) groups excluding carboxylic acids is 1. The largest absolute Gasteiger partial charge is 0.481 e. The van der Waals surface area contributed by atoms with Gasteiger partial charge in [-0.2, -0.15) is 0 Å².